The van der Waals surface area contributed by atoms with Crippen LogP contribution in [0.4, 0.5) is 5.69 Å². The summed E-state index contributed by atoms with van der Waals surface area (Å²) >= 11 is 3.49. The highest BCUT2D eigenvalue weighted by Crippen LogP contribution is 2.29. The number of hydrogen-bond acceptors (Lipinski definition) is 3. The number of halogens is 1. The lowest BCUT2D eigenvalue weighted by Gasteiger charge is -2.13. The molecule has 1 N–H and O–H groups in total. The number of benzene rings is 2. The van der Waals surface area contributed by atoms with Crippen molar-refractivity contribution in [3.05, 3.63) is 52.0 Å². The third kappa shape index (κ3) is 6.90. The molecule has 0 aromatic heterocycles. The molecule has 0 spiro atoms. The molecule has 0 saturated heterocycles. The number of amides is 1. The maximum Gasteiger partial charge on any atom is 0.224 e. The first kappa shape index (κ1) is 21.3. The van der Waals surface area contributed by atoms with Gasteiger partial charge < -0.3 is 14.8 Å². The Kier molecular flexibility index (Phi) is 8.65. The van der Waals surface area contributed by atoms with Crippen LogP contribution >= 0.6 is 15.9 Å². The fourth-order valence-corrected chi connectivity index (χ4v) is 3.21. The summed E-state index contributed by atoms with van der Waals surface area (Å²) in [7, 11) is 0. The summed E-state index contributed by atoms with van der Waals surface area (Å²) in [6.07, 6.45) is 3.16. The van der Waals surface area contributed by atoms with Crippen molar-refractivity contribution in [3.8, 4) is 11.5 Å². The number of hydrogen-bond donors (Lipinski definition) is 1. The zero-order valence-electron chi connectivity index (χ0n) is 16.3. The molecule has 4 nitrogen and oxygen atoms in total. The number of nitrogens with one attached hydrogen (secondary N) is 1. The summed E-state index contributed by atoms with van der Waals surface area (Å²) in [6, 6.07) is 11.8. The highest BCUT2D eigenvalue weighted by Gasteiger charge is 2.10. The zero-order valence-corrected chi connectivity index (χ0v) is 17.9. The van der Waals surface area contributed by atoms with Crippen LogP contribution < -0.4 is 14.8 Å². The quantitative estimate of drug-likeness (QED) is 0.473. The van der Waals surface area contributed by atoms with Crippen molar-refractivity contribution in [2.75, 3.05) is 18.5 Å². The normalized spacial score (nSPS) is 10.5. The second-order valence-electron chi connectivity index (χ2n) is 6.45. The predicted octanol–water partition coefficient (Wildman–Crippen LogP) is 5.91. The van der Waals surface area contributed by atoms with E-state index in [9.17, 15) is 4.79 Å². The lowest BCUT2D eigenvalue weighted by molar-refractivity contribution is -0.116. The molecule has 5 heteroatoms. The van der Waals surface area contributed by atoms with Gasteiger partial charge in [0.2, 0.25) is 5.91 Å². The predicted molar refractivity (Wildman–Crippen MR) is 114 cm³/mol. The first-order valence-corrected chi connectivity index (χ1v) is 10.3. The molecule has 2 aromatic rings. The van der Waals surface area contributed by atoms with E-state index in [1.54, 1.807) is 0 Å². The summed E-state index contributed by atoms with van der Waals surface area (Å²) in [4.78, 5) is 12.3. The Bertz CT molecular complexity index is 761. The average Bonchev–Trinajstić information content (AvgIpc) is 2.64. The van der Waals surface area contributed by atoms with E-state index in [1.165, 1.54) is 0 Å². The average molecular weight is 434 g/mol. The Balaban J connectivity index is 1.95. The molecular formula is C22H28BrNO3. The molecule has 146 valence electrons. The highest BCUT2D eigenvalue weighted by atomic mass is 79.9. The van der Waals surface area contributed by atoms with Crippen LogP contribution in [-0.4, -0.2) is 19.1 Å². The van der Waals surface area contributed by atoms with Gasteiger partial charge in [-0.25, -0.2) is 0 Å². The first-order chi connectivity index (χ1) is 13.0. The van der Waals surface area contributed by atoms with Gasteiger partial charge in [0, 0.05) is 10.9 Å². The molecule has 0 saturated carbocycles. The number of carbonyl (C=O) groups is 1. The van der Waals surface area contributed by atoms with Gasteiger partial charge in [0.05, 0.1) is 18.9 Å². The van der Waals surface area contributed by atoms with Gasteiger partial charge in [0.1, 0.15) is 0 Å². The monoisotopic (exact) mass is 433 g/mol. The number of rotatable bonds is 10. The molecule has 0 heterocycles. The summed E-state index contributed by atoms with van der Waals surface area (Å²) in [5, 5.41) is 2.95. The number of carbonyl (C=O) groups excluding carboxylic acids is 1. The van der Waals surface area contributed by atoms with E-state index in [2.05, 4.69) is 28.2 Å². The van der Waals surface area contributed by atoms with Crippen LogP contribution in [0.3, 0.4) is 0 Å². The third-order valence-electron chi connectivity index (χ3n) is 4.10. The molecular weight excluding hydrogens is 406 g/mol. The van der Waals surface area contributed by atoms with Gasteiger partial charge >= 0.3 is 0 Å². The molecule has 0 unspecified atom stereocenters. The van der Waals surface area contributed by atoms with Crippen molar-refractivity contribution in [2.45, 2.75) is 46.5 Å². The molecule has 1 amide bonds. The maximum atomic E-state index is 12.3. The largest absolute Gasteiger partial charge is 0.490 e. The topological polar surface area (TPSA) is 47.6 Å². The van der Waals surface area contributed by atoms with E-state index in [1.807, 2.05) is 50.2 Å². The third-order valence-corrected chi connectivity index (χ3v) is 4.76. The number of anilines is 1. The molecule has 0 fully saturated rings. The smallest absolute Gasteiger partial charge is 0.224 e. The van der Waals surface area contributed by atoms with Gasteiger partial charge in [-0.2, -0.15) is 0 Å². The Morgan fingerprint density at radius 2 is 1.89 bits per heavy atom. The van der Waals surface area contributed by atoms with Crippen LogP contribution in [0.1, 0.15) is 44.2 Å². The first-order valence-electron chi connectivity index (χ1n) is 9.48. The minimum atomic E-state index is -0.0132. The van der Waals surface area contributed by atoms with Crippen molar-refractivity contribution in [1.29, 1.82) is 0 Å². The van der Waals surface area contributed by atoms with E-state index in [-0.39, 0.29) is 5.91 Å². The number of ether oxygens (including phenoxy) is 2. The maximum absolute atomic E-state index is 12.3. The Morgan fingerprint density at radius 3 is 2.59 bits per heavy atom. The zero-order chi connectivity index (χ0) is 19.6. The van der Waals surface area contributed by atoms with Crippen LogP contribution in [0.5, 0.6) is 11.5 Å². The molecule has 0 aliphatic carbocycles. The molecule has 27 heavy (non-hydrogen) atoms. The van der Waals surface area contributed by atoms with Crippen molar-refractivity contribution < 1.29 is 14.3 Å². The fourth-order valence-electron chi connectivity index (χ4n) is 2.61. The van der Waals surface area contributed by atoms with Gasteiger partial charge in [-0.05, 0) is 78.0 Å². The summed E-state index contributed by atoms with van der Waals surface area (Å²) < 4.78 is 12.4. The molecule has 2 aromatic carbocycles. The van der Waals surface area contributed by atoms with E-state index < -0.39 is 0 Å². The molecule has 0 atom stereocenters. The minimum absolute atomic E-state index is 0.0132. The fraction of sp³-hybridized carbons (Fsp3) is 0.409. The van der Waals surface area contributed by atoms with Crippen LogP contribution in [0, 0.1) is 6.92 Å². The second kappa shape index (κ2) is 11.0. The van der Waals surface area contributed by atoms with Crippen molar-refractivity contribution >= 4 is 27.5 Å². The van der Waals surface area contributed by atoms with Crippen LogP contribution in [-0.2, 0) is 11.2 Å². The van der Waals surface area contributed by atoms with Crippen LogP contribution in [0.15, 0.2) is 40.9 Å². The lowest BCUT2D eigenvalue weighted by atomic mass is 10.1. The van der Waals surface area contributed by atoms with Crippen LogP contribution in [0.25, 0.3) is 0 Å². The van der Waals surface area contributed by atoms with Gasteiger partial charge in [0.15, 0.2) is 11.5 Å². The van der Waals surface area contributed by atoms with Crippen molar-refractivity contribution in [3.63, 3.8) is 0 Å². The van der Waals surface area contributed by atoms with Gasteiger partial charge in [-0.15, -0.1) is 0 Å². The Hall–Kier alpha value is -2.01. The Morgan fingerprint density at radius 1 is 1.07 bits per heavy atom. The van der Waals surface area contributed by atoms with E-state index in [0.29, 0.717) is 26.1 Å². The second-order valence-corrected chi connectivity index (χ2v) is 7.30. The minimum Gasteiger partial charge on any atom is -0.490 e. The lowest BCUT2D eigenvalue weighted by Crippen LogP contribution is -2.12. The summed E-state index contributed by atoms with van der Waals surface area (Å²) in [5.74, 6) is 1.50. The van der Waals surface area contributed by atoms with Crippen LogP contribution in [0.2, 0.25) is 0 Å². The standard InChI is InChI=1S/C22H28BrNO3/c1-4-6-13-27-20-11-8-17(15-21(20)26-5-2)9-12-22(25)24-19-10-7-16(3)14-18(19)23/h7-8,10-11,14-15H,4-6,9,12-13H2,1-3H3,(H,24,25). The summed E-state index contributed by atoms with van der Waals surface area (Å²) in [5.41, 5.74) is 2.99. The van der Waals surface area contributed by atoms with Gasteiger partial charge in [0.25, 0.3) is 0 Å². The number of aryl methyl sites for hydroxylation is 2. The molecule has 2 rings (SSSR count). The van der Waals surface area contributed by atoms with Gasteiger partial charge in [-0.1, -0.05) is 25.5 Å². The molecule has 0 bridgehead atoms. The van der Waals surface area contributed by atoms with Crippen molar-refractivity contribution in [2.24, 2.45) is 0 Å². The van der Waals surface area contributed by atoms with E-state index >= 15 is 0 Å². The molecule has 0 radical (unpaired) electrons. The SMILES string of the molecule is CCCCOc1ccc(CCC(=O)Nc2ccc(C)cc2Br)cc1OCC. The van der Waals surface area contributed by atoms with Gasteiger partial charge in [-0.3, -0.25) is 4.79 Å². The number of unbranched alkanes of at least 4 members (excludes halogenated alkanes) is 1. The molecule has 0 aliphatic rings. The Labute approximate surface area is 170 Å². The molecule has 0 aliphatic heterocycles. The highest BCUT2D eigenvalue weighted by molar-refractivity contribution is 9.10. The van der Waals surface area contributed by atoms with E-state index in [4.69, 9.17) is 9.47 Å². The van der Waals surface area contributed by atoms with Crippen molar-refractivity contribution in [1.82, 2.24) is 0 Å². The van der Waals surface area contributed by atoms with E-state index in [0.717, 1.165) is 45.6 Å². The summed E-state index contributed by atoms with van der Waals surface area (Å²) in [6.45, 7) is 7.37.